The molecule has 1 aromatic carbocycles. The predicted molar refractivity (Wildman–Crippen MR) is 92.8 cm³/mol. The molecule has 4 amide bonds. The van der Waals surface area contributed by atoms with Gasteiger partial charge < -0.3 is 10.2 Å². The zero-order valence-corrected chi connectivity index (χ0v) is 14.3. The maximum Gasteiger partial charge on any atom is 0.262 e. The first-order chi connectivity index (χ1) is 12.6. The molecule has 0 saturated carbocycles. The highest BCUT2D eigenvalue weighted by Gasteiger charge is 2.44. The maximum absolute atomic E-state index is 12.8. The smallest absolute Gasteiger partial charge is 0.262 e. The number of rotatable bonds is 2. The van der Waals surface area contributed by atoms with Gasteiger partial charge in [-0.2, -0.15) is 0 Å². The molecule has 3 aliphatic heterocycles. The van der Waals surface area contributed by atoms with Crippen LogP contribution in [0.5, 0.6) is 0 Å². The minimum Gasteiger partial charge on any atom is -0.370 e. The van der Waals surface area contributed by atoms with Crippen molar-refractivity contribution in [1.82, 2.24) is 15.5 Å². The van der Waals surface area contributed by atoms with Crippen molar-refractivity contribution >= 4 is 29.3 Å². The highest BCUT2D eigenvalue weighted by atomic mass is 16.2. The lowest BCUT2D eigenvalue weighted by Crippen LogP contribution is -2.54. The lowest BCUT2D eigenvalue weighted by atomic mass is 10.0. The van der Waals surface area contributed by atoms with E-state index in [2.05, 4.69) is 15.5 Å². The molecular weight excluding hydrogens is 336 g/mol. The minimum atomic E-state index is -0.925. The molecule has 2 fully saturated rings. The first-order valence-electron chi connectivity index (χ1n) is 8.87. The molecule has 136 valence electrons. The molecule has 3 aliphatic rings. The second kappa shape index (κ2) is 6.53. The number of anilines is 1. The number of hydrogen-bond donors (Lipinski definition) is 2. The van der Waals surface area contributed by atoms with E-state index in [-0.39, 0.29) is 18.7 Å². The molecule has 2 saturated heterocycles. The quantitative estimate of drug-likeness (QED) is 0.718. The first-order valence-corrected chi connectivity index (χ1v) is 8.87. The monoisotopic (exact) mass is 356 g/mol. The molecule has 2 N–H and O–H groups in total. The number of benzene rings is 1. The van der Waals surface area contributed by atoms with Gasteiger partial charge in [0.05, 0.1) is 11.1 Å². The van der Waals surface area contributed by atoms with Crippen LogP contribution in [-0.4, -0.2) is 60.7 Å². The van der Waals surface area contributed by atoms with Gasteiger partial charge in [0, 0.05) is 31.7 Å². The maximum atomic E-state index is 12.8. The third kappa shape index (κ3) is 2.76. The van der Waals surface area contributed by atoms with Crippen molar-refractivity contribution in [3.63, 3.8) is 0 Å². The SMILES string of the molecule is O=C1CCC(N2C(=O)c3ccc(N4CCCNCC4)cc3C2=O)C(=O)N1. The van der Waals surface area contributed by atoms with Crippen LogP contribution in [0.25, 0.3) is 0 Å². The summed E-state index contributed by atoms with van der Waals surface area (Å²) in [6, 6.07) is 4.33. The van der Waals surface area contributed by atoms with Gasteiger partial charge in [0.1, 0.15) is 6.04 Å². The van der Waals surface area contributed by atoms with E-state index in [9.17, 15) is 19.2 Å². The number of fused-ring (bicyclic) bond motifs is 1. The van der Waals surface area contributed by atoms with Crippen molar-refractivity contribution in [2.75, 3.05) is 31.1 Å². The second-order valence-corrected chi connectivity index (χ2v) is 6.77. The standard InChI is InChI=1S/C18H20N4O4/c23-15-5-4-14(16(24)20-15)22-17(25)12-3-2-11(10-13(12)18(22)26)21-8-1-6-19-7-9-21/h2-3,10,14,19H,1,4-9H2,(H,20,23,24). The third-order valence-corrected chi connectivity index (χ3v) is 5.13. The number of imide groups is 2. The fraction of sp³-hybridized carbons (Fsp3) is 0.444. The lowest BCUT2D eigenvalue weighted by molar-refractivity contribution is -0.136. The molecule has 4 rings (SSSR count). The summed E-state index contributed by atoms with van der Waals surface area (Å²) in [5, 5.41) is 5.54. The Hall–Kier alpha value is -2.74. The topological polar surface area (TPSA) is 98.8 Å². The minimum absolute atomic E-state index is 0.121. The molecule has 1 atom stereocenters. The zero-order chi connectivity index (χ0) is 18.3. The van der Waals surface area contributed by atoms with Crippen LogP contribution in [-0.2, 0) is 9.59 Å². The van der Waals surface area contributed by atoms with Crippen LogP contribution in [0.15, 0.2) is 18.2 Å². The fourth-order valence-corrected chi connectivity index (χ4v) is 3.76. The van der Waals surface area contributed by atoms with E-state index >= 15 is 0 Å². The predicted octanol–water partition coefficient (Wildman–Crippen LogP) is -0.112. The van der Waals surface area contributed by atoms with Crippen LogP contribution in [0.4, 0.5) is 5.69 Å². The van der Waals surface area contributed by atoms with Crippen molar-refractivity contribution in [3.05, 3.63) is 29.3 Å². The summed E-state index contributed by atoms with van der Waals surface area (Å²) in [5.41, 5.74) is 1.55. The molecule has 0 aliphatic carbocycles. The summed E-state index contributed by atoms with van der Waals surface area (Å²) in [6.45, 7) is 3.54. The van der Waals surface area contributed by atoms with Gasteiger partial charge in [-0.05, 0) is 37.6 Å². The normalized spacial score (nSPS) is 23.8. The zero-order valence-electron chi connectivity index (χ0n) is 14.3. The van der Waals surface area contributed by atoms with Crippen LogP contribution in [0.1, 0.15) is 40.0 Å². The summed E-state index contributed by atoms with van der Waals surface area (Å²) >= 11 is 0. The molecule has 1 unspecified atom stereocenters. The van der Waals surface area contributed by atoms with Gasteiger partial charge in [-0.15, -0.1) is 0 Å². The Kier molecular flexibility index (Phi) is 4.20. The van der Waals surface area contributed by atoms with Gasteiger partial charge in [0.15, 0.2) is 0 Å². The van der Waals surface area contributed by atoms with Crippen LogP contribution in [0.2, 0.25) is 0 Å². The highest BCUT2D eigenvalue weighted by Crippen LogP contribution is 2.30. The summed E-state index contributed by atoms with van der Waals surface area (Å²) < 4.78 is 0. The van der Waals surface area contributed by atoms with Crippen LogP contribution >= 0.6 is 0 Å². The number of hydrogen-bond acceptors (Lipinski definition) is 6. The molecule has 0 aromatic heterocycles. The van der Waals surface area contributed by atoms with Crippen LogP contribution in [0, 0.1) is 0 Å². The van der Waals surface area contributed by atoms with Gasteiger partial charge >= 0.3 is 0 Å². The highest BCUT2D eigenvalue weighted by molar-refractivity contribution is 6.23. The number of nitrogens with one attached hydrogen (secondary N) is 2. The first kappa shape index (κ1) is 16.7. The van der Waals surface area contributed by atoms with E-state index in [1.807, 2.05) is 6.07 Å². The number of carbonyl (C=O) groups excluding carboxylic acids is 4. The number of piperidine rings is 1. The van der Waals surface area contributed by atoms with Gasteiger partial charge in [-0.1, -0.05) is 0 Å². The third-order valence-electron chi connectivity index (χ3n) is 5.13. The Labute approximate surface area is 150 Å². The summed E-state index contributed by atoms with van der Waals surface area (Å²) in [4.78, 5) is 52.2. The molecule has 0 spiro atoms. The van der Waals surface area contributed by atoms with Crippen molar-refractivity contribution in [2.45, 2.75) is 25.3 Å². The van der Waals surface area contributed by atoms with Gasteiger partial charge in [0.25, 0.3) is 11.8 Å². The molecule has 26 heavy (non-hydrogen) atoms. The lowest BCUT2D eigenvalue weighted by Gasteiger charge is -2.27. The average Bonchev–Trinajstić information content (AvgIpc) is 2.82. The molecule has 3 heterocycles. The Bertz CT molecular complexity index is 798. The van der Waals surface area contributed by atoms with Crippen molar-refractivity contribution in [3.8, 4) is 0 Å². The summed E-state index contributed by atoms with van der Waals surface area (Å²) in [5.74, 6) is -1.90. The van der Waals surface area contributed by atoms with Gasteiger partial charge in [-0.3, -0.25) is 29.4 Å². The van der Waals surface area contributed by atoms with Crippen LogP contribution in [0.3, 0.4) is 0 Å². The van der Waals surface area contributed by atoms with Crippen LogP contribution < -0.4 is 15.5 Å². The number of amides is 4. The molecule has 0 bridgehead atoms. The molecule has 8 heteroatoms. The van der Waals surface area contributed by atoms with E-state index < -0.39 is 23.8 Å². The number of carbonyl (C=O) groups is 4. The van der Waals surface area contributed by atoms with Crippen molar-refractivity contribution < 1.29 is 19.2 Å². The fourth-order valence-electron chi connectivity index (χ4n) is 3.76. The van der Waals surface area contributed by atoms with Gasteiger partial charge in [-0.25, -0.2) is 0 Å². The largest absolute Gasteiger partial charge is 0.370 e. The summed E-state index contributed by atoms with van der Waals surface area (Å²) in [7, 11) is 0. The second-order valence-electron chi connectivity index (χ2n) is 6.77. The number of nitrogens with zero attached hydrogens (tertiary/aromatic N) is 2. The summed E-state index contributed by atoms with van der Waals surface area (Å²) in [6.07, 6.45) is 1.29. The van der Waals surface area contributed by atoms with Crippen molar-refractivity contribution in [2.24, 2.45) is 0 Å². The van der Waals surface area contributed by atoms with E-state index in [4.69, 9.17) is 0 Å². The van der Waals surface area contributed by atoms with E-state index in [1.54, 1.807) is 12.1 Å². The molecule has 0 radical (unpaired) electrons. The Balaban J connectivity index is 1.62. The molecule has 8 nitrogen and oxygen atoms in total. The van der Waals surface area contributed by atoms with Crippen molar-refractivity contribution in [1.29, 1.82) is 0 Å². The molecule has 1 aromatic rings. The molecular formula is C18H20N4O4. The van der Waals surface area contributed by atoms with E-state index in [0.717, 1.165) is 43.2 Å². The Morgan fingerprint density at radius 1 is 0.962 bits per heavy atom. The van der Waals surface area contributed by atoms with E-state index in [1.165, 1.54) is 0 Å². The Morgan fingerprint density at radius 2 is 1.77 bits per heavy atom. The Morgan fingerprint density at radius 3 is 2.58 bits per heavy atom. The van der Waals surface area contributed by atoms with Gasteiger partial charge in [0.2, 0.25) is 11.8 Å². The average molecular weight is 356 g/mol. The van der Waals surface area contributed by atoms with E-state index in [0.29, 0.717) is 11.1 Å².